The summed E-state index contributed by atoms with van der Waals surface area (Å²) in [4.78, 5) is 112. The quantitative estimate of drug-likeness (QED) is 0.0279. The van der Waals surface area contributed by atoms with Gasteiger partial charge >= 0.3 is 0 Å². The van der Waals surface area contributed by atoms with Crippen molar-refractivity contribution in [1.82, 2.24) is 37.2 Å². The largest absolute Gasteiger partial charge is 0.379 e. The van der Waals surface area contributed by atoms with Gasteiger partial charge in [-0.1, -0.05) is 186 Å². The lowest BCUT2D eigenvalue weighted by Gasteiger charge is -2.65. The Kier molecular flexibility index (Phi) is 54.0. The molecule has 0 radical (unpaired) electrons. The minimum atomic E-state index is -0.859. The molecule has 16 atom stereocenters. The van der Waals surface area contributed by atoms with Crippen LogP contribution in [0, 0.1) is 87.8 Å². The van der Waals surface area contributed by atoms with E-state index in [0.29, 0.717) is 115 Å². The summed E-state index contributed by atoms with van der Waals surface area (Å²) in [6, 6.07) is -0.875. The zero-order chi connectivity index (χ0) is 90.4. The van der Waals surface area contributed by atoms with E-state index >= 15 is 0 Å². The molecule has 15 unspecified atom stereocenters. The molecule has 0 saturated heterocycles. The molecule has 4 saturated carbocycles. The third-order valence-electron chi connectivity index (χ3n) is 24.9. The third-order valence-corrected chi connectivity index (χ3v) is 24.9. The summed E-state index contributed by atoms with van der Waals surface area (Å²) < 4.78 is 26.5. The number of unbranched alkanes of at least 4 members (excludes halogenated alkanes) is 2. The van der Waals surface area contributed by atoms with Crippen molar-refractivity contribution in [3.63, 3.8) is 0 Å². The average molecular weight is 1670 g/mol. The molecule has 0 aliphatic heterocycles. The summed E-state index contributed by atoms with van der Waals surface area (Å²) in [6.07, 6.45) is 20.3. The number of carbonyl (C=O) groups excluding carboxylic acids is 9. The van der Waals surface area contributed by atoms with Crippen molar-refractivity contribution >= 4 is 52.4 Å². The van der Waals surface area contributed by atoms with Crippen molar-refractivity contribution in [3.05, 3.63) is 0 Å². The molecule has 0 heterocycles. The van der Waals surface area contributed by atoms with Crippen LogP contribution in [0.15, 0.2) is 0 Å². The maximum atomic E-state index is 12.8. The zero-order valence-electron chi connectivity index (χ0n) is 81.7. The summed E-state index contributed by atoms with van der Waals surface area (Å²) in [7, 11) is 0. The number of Topliss-reactive ketones (excluding diaryl/α,β-unsaturated/α-hetero) is 6. The van der Waals surface area contributed by atoms with Gasteiger partial charge in [-0.2, -0.15) is 0 Å². The highest BCUT2D eigenvalue weighted by molar-refractivity contribution is 5.93. The maximum Gasteiger partial charge on any atom is 0.220 e. The summed E-state index contributed by atoms with van der Waals surface area (Å²) in [5.41, 5.74) is 0.521. The second-order valence-electron chi connectivity index (χ2n) is 41.0. The van der Waals surface area contributed by atoms with Crippen LogP contribution in [0.1, 0.15) is 370 Å². The van der Waals surface area contributed by atoms with E-state index in [1.54, 1.807) is 41.5 Å². The first-order chi connectivity index (χ1) is 54.8. The van der Waals surface area contributed by atoms with Crippen LogP contribution in [0.2, 0.25) is 0 Å². The van der Waals surface area contributed by atoms with Crippen LogP contribution in [0.3, 0.4) is 0 Å². The van der Waals surface area contributed by atoms with Crippen LogP contribution in [0.5, 0.6) is 0 Å². The summed E-state index contributed by atoms with van der Waals surface area (Å²) in [6.45, 7) is 70.9. The predicted molar refractivity (Wildman–Crippen MR) is 486 cm³/mol. The van der Waals surface area contributed by atoms with Gasteiger partial charge < -0.3 is 56.2 Å². The monoisotopic (exact) mass is 1670 g/mol. The number of fused-ring (bicyclic) bond motifs is 5. The Labute approximate surface area is 722 Å². The SMILES string of the molecule is CC(C)CCCCC(=O)NCCCCC(NC(C)C)C(=O)C(C)C.CC(C)NC(CCC(=O)NC(CCC(=O)NC(CCC(=O)C(C)C)C(=O)C(C)C)C(=O)C(C)C)C(=O)C(C)C.CC(C)NCCCC(NC(C)C)C(=O)C(C)C.CC(C)OC[C@@H](C)C1CCC2C3C(OC(C)C)CC4CC(OC(C)C)CCC4(C)C3CC(OC(C)C)C21C. The summed E-state index contributed by atoms with van der Waals surface area (Å²) in [5.74, 6) is 3.43. The number of hydrogen-bond donors (Lipinski definition) is 7. The number of nitrogens with one attached hydrogen (secondary N) is 7. The minimum Gasteiger partial charge on any atom is -0.379 e. The lowest BCUT2D eigenvalue weighted by Crippen LogP contribution is -2.63. The van der Waals surface area contributed by atoms with Gasteiger partial charge in [0.2, 0.25) is 17.7 Å². The molecule has 20 nitrogen and oxygen atoms in total. The predicted octanol–water partition coefficient (Wildman–Crippen LogP) is 18.3. The smallest absolute Gasteiger partial charge is 0.220 e. The molecule has 7 N–H and O–H groups in total. The Morgan fingerprint density at radius 1 is 0.381 bits per heavy atom. The van der Waals surface area contributed by atoms with Gasteiger partial charge in [-0.05, 0) is 212 Å². The van der Waals surface area contributed by atoms with Gasteiger partial charge in [0, 0.05) is 104 Å². The van der Waals surface area contributed by atoms with E-state index in [1.165, 1.54) is 51.4 Å². The fourth-order valence-electron chi connectivity index (χ4n) is 18.8. The molecule has 4 aliphatic carbocycles. The van der Waals surface area contributed by atoms with Gasteiger partial charge in [0.05, 0.1) is 72.9 Å². The highest BCUT2D eigenvalue weighted by Crippen LogP contribution is 2.69. The summed E-state index contributed by atoms with van der Waals surface area (Å²) in [5, 5.41) is 21.8. The lowest BCUT2D eigenvalue weighted by atomic mass is 9.43. The van der Waals surface area contributed by atoms with E-state index in [-0.39, 0.29) is 150 Å². The van der Waals surface area contributed by atoms with Crippen LogP contribution in [-0.2, 0) is 62.1 Å². The third kappa shape index (κ3) is 41.3. The first-order valence-corrected chi connectivity index (χ1v) is 47.5. The molecular weight excluding hydrogens is 1480 g/mol. The van der Waals surface area contributed by atoms with Gasteiger partial charge in [-0.3, -0.25) is 43.2 Å². The summed E-state index contributed by atoms with van der Waals surface area (Å²) >= 11 is 0. The van der Waals surface area contributed by atoms with Crippen molar-refractivity contribution in [2.45, 2.75) is 467 Å². The number of hydrogen-bond acceptors (Lipinski definition) is 17. The molecule has 0 aromatic carbocycles. The number of amides is 3. The van der Waals surface area contributed by atoms with Crippen LogP contribution in [0.25, 0.3) is 0 Å². The van der Waals surface area contributed by atoms with E-state index in [1.807, 2.05) is 55.4 Å². The van der Waals surface area contributed by atoms with Crippen LogP contribution < -0.4 is 37.2 Å². The first-order valence-electron chi connectivity index (χ1n) is 47.5. The Bertz CT molecular complexity index is 2890. The molecule has 20 heteroatoms. The molecule has 4 fully saturated rings. The normalized spacial score (nSPS) is 23.4. The second kappa shape index (κ2) is 56.9. The Morgan fingerprint density at radius 2 is 0.822 bits per heavy atom. The Hall–Kier alpha value is -3.89. The topological polar surface area (TPSA) is 275 Å². The highest BCUT2D eigenvalue weighted by atomic mass is 16.5. The fraction of sp³-hybridized carbons (Fsp3) is 0.908. The van der Waals surface area contributed by atoms with Crippen molar-refractivity contribution in [3.8, 4) is 0 Å². The van der Waals surface area contributed by atoms with Crippen molar-refractivity contribution in [1.29, 1.82) is 0 Å². The Balaban J connectivity index is 0.000000824. The molecule has 690 valence electrons. The molecule has 4 rings (SSSR count). The van der Waals surface area contributed by atoms with E-state index in [4.69, 9.17) is 18.9 Å². The minimum absolute atomic E-state index is 0.0176. The molecule has 0 aromatic heterocycles. The fourth-order valence-corrected chi connectivity index (χ4v) is 18.8. The standard InChI is InChI=1S/C34H62O4.C30H53N3O6.C20H40N2O2.C14H30N2O/c1-20(2)35-19-24(9)27-12-13-28-32-29(18-31(34(27,28)11)38-23(7)8)33(10)15-14-26(36-21(3)4)16-25(33)17-30(32)37-22(5)6;1-17(2)25(34)14-11-23(29(38)19(5)6)32-27(36)16-13-24(30(39)20(7)8)33-26(35)15-12-22(31-21(9)10)28(37)18(3)4;1-15(2)11-7-8-13-19(23)21-14-10-9-12-18(22-17(5)6)20(24)16(3)4;1-10(2)14(17)13(16-12(5)6)8-7-9-15-11(3)4/h20-32H,12-19H2,1-11H3;17-24,31H,11-16H2,1-10H3,(H,32,36)(H,33,35);15-18,22H,7-14H2,1-6H3,(H,21,23);10-13,15-16H,7-9H2,1-6H3/t24-,25?,26?,27?,28?,29?,30?,31?,32?,33?,34?;;;/m1.../s1. The van der Waals surface area contributed by atoms with Gasteiger partial charge in [0.25, 0.3) is 0 Å². The average Bonchev–Trinajstić information content (AvgIpc) is 1.40. The molecule has 3 amide bonds. The van der Waals surface area contributed by atoms with E-state index in [9.17, 15) is 43.2 Å². The van der Waals surface area contributed by atoms with Gasteiger partial charge in [0.1, 0.15) is 5.78 Å². The number of ether oxygens (including phenoxy) is 4. The van der Waals surface area contributed by atoms with Gasteiger partial charge in [0.15, 0.2) is 28.9 Å². The van der Waals surface area contributed by atoms with Crippen molar-refractivity contribution in [2.75, 3.05) is 19.7 Å². The van der Waals surface area contributed by atoms with E-state index in [2.05, 4.69) is 169 Å². The molecular formula is C98H185N7O13. The van der Waals surface area contributed by atoms with Crippen molar-refractivity contribution in [2.24, 2.45) is 87.8 Å². The van der Waals surface area contributed by atoms with Crippen molar-refractivity contribution < 1.29 is 62.1 Å². The Morgan fingerprint density at radius 3 is 1.25 bits per heavy atom. The first kappa shape index (κ1) is 112. The second-order valence-corrected chi connectivity index (χ2v) is 41.0. The van der Waals surface area contributed by atoms with Gasteiger partial charge in [-0.15, -0.1) is 0 Å². The van der Waals surface area contributed by atoms with Crippen LogP contribution in [0.4, 0.5) is 0 Å². The molecule has 118 heavy (non-hydrogen) atoms. The molecule has 0 bridgehead atoms. The van der Waals surface area contributed by atoms with Crippen LogP contribution in [-0.4, -0.2) is 169 Å². The maximum absolute atomic E-state index is 12.8. The number of ketones is 6. The van der Waals surface area contributed by atoms with Crippen LogP contribution >= 0.6 is 0 Å². The van der Waals surface area contributed by atoms with Gasteiger partial charge in [-0.25, -0.2) is 0 Å². The van der Waals surface area contributed by atoms with E-state index in [0.717, 1.165) is 58.1 Å². The lowest BCUT2D eigenvalue weighted by molar-refractivity contribution is -0.238. The molecule has 4 aliphatic rings. The highest BCUT2D eigenvalue weighted by Gasteiger charge is 2.67. The number of carbonyl (C=O) groups is 9. The van der Waals surface area contributed by atoms with E-state index < -0.39 is 24.0 Å². The molecule has 0 spiro atoms. The number of rotatable bonds is 53. The zero-order valence-corrected chi connectivity index (χ0v) is 81.7. The molecule has 0 aromatic rings.